The molecule has 0 aliphatic rings. The lowest BCUT2D eigenvalue weighted by molar-refractivity contribution is -0.145. The molecule has 0 fully saturated rings. The van der Waals surface area contributed by atoms with Crippen molar-refractivity contribution in [2.75, 3.05) is 6.61 Å². The smallest absolute Gasteiger partial charge is 0.306 e. The maximum absolute atomic E-state index is 11.4. The van der Waals surface area contributed by atoms with Crippen LogP contribution >= 0.6 is 0 Å². The topological polar surface area (TPSA) is 26.3 Å². The number of esters is 1. The highest BCUT2D eigenvalue weighted by atomic mass is 16.5. The Labute approximate surface area is 97.6 Å². The van der Waals surface area contributed by atoms with Gasteiger partial charge in [0.1, 0.15) is 0 Å². The van der Waals surface area contributed by atoms with Crippen molar-refractivity contribution in [3.8, 4) is 0 Å². The van der Waals surface area contributed by atoms with Crippen molar-refractivity contribution in [2.24, 2.45) is 5.41 Å². The van der Waals surface area contributed by atoms with E-state index in [1.807, 2.05) is 51.1 Å². The van der Waals surface area contributed by atoms with Gasteiger partial charge in [0.05, 0.1) is 13.0 Å². The molecule has 0 spiro atoms. The predicted octanol–water partition coefficient (Wildman–Crippen LogP) is 3.21. The van der Waals surface area contributed by atoms with Crippen LogP contribution in [0.1, 0.15) is 32.8 Å². The quantitative estimate of drug-likeness (QED) is 0.728. The Balaban J connectivity index is 2.24. The fourth-order valence-corrected chi connectivity index (χ4v) is 1.41. The molecule has 0 saturated heterocycles. The van der Waals surface area contributed by atoms with E-state index < -0.39 is 0 Å². The van der Waals surface area contributed by atoms with Crippen molar-refractivity contribution in [2.45, 2.75) is 33.6 Å². The Morgan fingerprint density at radius 2 is 1.81 bits per heavy atom. The first-order valence-corrected chi connectivity index (χ1v) is 5.67. The number of benzene rings is 1. The van der Waals surface area contributed by atoms with Crippen LogP contribution in [-0.4, -0.2) is 12.6 Å². The van der Waals surface area contributed by atoms with Crippen LogP contribution < -0.4 is 0 Å². The molecule has 1 aromatic carbocycles. The fraction of sp³-hybridized carbons (Fsp3) is 0.500. The summed E-state index contributed by atoms with van der Waals surface area (Å²) in [7, 11) is 0. The third-order valence-electron chi connectivity index (χ3n) is 2.17. The van der Waals surface area contributed by atoms with E-state index in [0.717, 1.165) is 6.42 Å². The summed E-state index contributed by atoms with van der Waals surface area (Å²) in [5.74, 6) is -0.108. The highest BCUT2D eigenvalue weighted by molar-refractivity contribution is 5.70. The molecule has 2 nitrogen and oxygen atoms in total. The van der Waals surface area contributed by atoms with Gasteiger partial charge in [-0.1, -0.05) is 51.1 Å². The first-order valence-electron chi connectivity index (χ1n) is 5.67. The van der Waals surface area contributed by atoms with Crippen LogP contribution in [0.5, 0.6) is 0 Å². The Bertz CT molecular complexity index is 322. The van der Waals surface area contributed by atoms with Gasteiger partial charge in [-0.3, -0.25) is 4.79 Å². The summed E-state index contributed by atoms with van der Waals surface area (Å²) in [4.78, 5) is 11.4. The van der Waals surface area contributed by atoms with Gasteiger partial charge in [0, 0.05) is 6.42 Å². The molecule has 16 heavy (non-hydrogen) atoms. The first-order chi connectivity index (χ1) is 7.47. The maximum Gasteiger partial charge on any atom is 0.306 e. The van der Waals surface area contributed by atoms with E-state index in [4.69, 9.17) is 4.74 Å². The molecule has 0 heterocycles. The van der Waals surface area contributed by atoms with Gasteiger partial charge in [-0.05, 0) is 11.0 Å². The van der Waals surface area contributed by atoms with Gasteiger partial charge < -0.3 is 4.74 Å². The lowest BCUT2D eigenvalue weighted by Gasteiger charge is -2.16. The van der Waals surface area contributed by atoms with Gasteiger partial charge in [0.2, 0.25) is 0 Å². The Hall–Kier alpha value is -1.31. The minimum Gasteiger partial charge on any atom is -0.465 e. The third kappa shape index (κ3) is 5.54. The number of hydrogen-bond acceptors (Lipinski definition) is 2. The summed E-state index contributed by atoms with van der Waals surface area (Å²) in [5.41, 5.74) is 1.20. The summed E-state index contributed by atoms with van der Waals surface area (Å²) < 4.78 is 5.18. The van der Waals surface area contributed by atoms with E-state index in [0.29, 0.717) is 13.0 Å². The molecule has 1 rings (SSSR count). The molecule has 0 N–H and O–H groups in total. The van der Waals surface area contributed by atoms with Crippen molar-refractivity contribution in [3.05, 3.63) is 35.9 Å². The van der Waals surface area contributed by atoms with Crippen LogP contribution in [0, 0.1) is 5.41 Å². The van der Waals surface area contributed by atoms with Crippen LogP contribution in [0.3, 0.4) is 0 Å². The molecule has 0 amide bonds. The van der Waals surface area contributed by atoms with Crippen molar-refractivity contribution in [1.82, 2.24) is 0 Å². The molecule has 0 aromatic heterocycles. The number of rotatable bonds is 4. The molecule has 0 aliphatic heterocycles. The second-order valence-electron chi connectivity index (χ2n) is 5.19. The van der Waals surface area contributed by atoms with Crippen LogP contribution in [0.15, 0.2) is 30.3 Å². The number of carbonyl (C=O) groups is 1. The lowest BCUT2D eigenvalue weighted by atomic mass is 9.92. The second-order valence-corrected chi connectivity index (χ2v) is 5.19. The molecule has 0 saturated carbocycles. The zero-order valence-electron chi connectivity index (χ0n) is 10.3. The minimum absolute atomic E-state index is 0.00380. The van der Waals surface area contributed by atoms with Gasteiger partial charge in [-0.2, -0.15) is 0 Å². The maximum atomic E-state index is 11.4. The average Bonchev–Trinajstić information content (AvgIpc) is 2.16. The highest BCUT2D eigenvalue weighted by Crippen LogP contribution is 2.18. The van der Waals surface area contributed by atoms with E-state index in [2.05, 4.69) is 0 Å². The summed E-state index contributed by atoms with van der Waals surface area (Å²) in [6.45, 7) is 6.57. The summed E-state index contributed by atoms with van der Waals surface area (Å²) in [6, 6.07) is 10.0. The van der Waals surface area contributed by atoms with Gasteiger partial charge >= 0.3 is 5.97 Å². The van der Waals surface area contributed by atoms with Crippen molar-refractivity contribution >= 4 is 5.97 Å². The minimum atomic E-state index is -0.108. The zero-order chi connectivity index (χ0) is 12.0. The molecular weight excluding hydrogens is 200 g/mol. The van der Waals surface area contributed by atoms with E-state index in [1.165, 1.54) is 5.56 Å². The zero-order valence-corrected chi connectivity index (χ0v) is 10.3. The monoisotopic (exact) mass is 220 g/mol. The molecule has 88 valence electrons. The van der Waals surface area contributed by atoms with Crippen LogP contribution in [0.4, 0.5) is 0 Å². The molecule has 0 radical (unpaired) electrons. The van der Waals surface area contributed by atoms with Gasteiger partial charge in [-0.25, -0.2) is 0 Å². The van der Waals surface area contributed by atoms with E-state index in [1.54, 1.807) is 0 Å². The Morgan fingerprint density at radius 3 is 2.38 bits per heavy atom. The average molecular weight is 220 g/mol. The number of hydrogen-bond donors (Lipinski definition) is 0. The Kier molecular flexibility index (Phi) is 4.53. The normalized spacial score (nSPS) is 11.2. The molecule has 0 unspecified atom stereocenters. The lowest BCUT2D eigenvalue weighted by Crippen LogP contribution is -2.16. The van der Waals surface area contributed by atoms with Gasteiger partial charge in [0.15, 0.2) is 0 Å². The second kappa shape index (κ2) is 5.69. The van der Waals surface area contributed by atoms with Crippen LogP contribution in [0.25, 0.3) is 0 Å². The van der Waals surface area contributed by atoms with E-state index in [-0.39, 0.29) is 11.4 Å². The molecule has 0 atom stereocenters. The summed E-state index contributed by atoms with van der Waals surface area (Å²) in [6.07, 6.45) is 1.26. The van der Waals surface area contributed by atoms with E-state index in [9.17, 15) is 4.79 Å². The molecule has 2 heteroatoms. The van der Waals surface area contributed by atoms with Crippen molar-refractivity contribution < 1.29 is 9.53 Å². The molecular formula is C14H20O2. The molecule has 0 aliphatic carbocycles. The largest absolute Gasteiger partial charge is 0.465 e. The van der Waals surface area contributed by atoms with Gasteiger partial charge in [0.25, 0.3) is 0 Å². The van der Waals surface area contributed by atoms with Crippen molar-refractivity contribution in [3.63, 3.8) is 0 Å². The van der Waals surface area contributed by atoms with Gasteiger partial charge in [-0.15, -0.1) is 0 Å². The SMILES string of the molecule is CC(C)(C)CC(=O)OCCc1ccccc1. The predicted molar refractivity (Wildman–Crippen MR) is 65.2 cm³/mol. The first kappa shape index (κ1) is 12.8. The highest BCUT2D eigenvalue weighted by Gasteiger charge is 2.16. The third-order valence-corrected chi connectivity index (χ3v) is 2.17. The summed E-state index contributed by atoms with van der Waals surface area (Å²) in [5, 5.41) is 0. The Morgan fingerprint density at radius 1 is 1.19 bits per heavy atom. The number of ether oxygens (including phenoxy) is 1. The standard InChI is InChI=1S/C14H20O2/c1-14(2,3)11-13(15)16-10-9-12-7-5-4-6-8-12/h4-8H,9-11H2,1-3H3. The van der Waals surface area contributed by atoms with Crippen LogP contribution in [0.2, 0.25) is 0 Å². The van der Waals surface area contributed by atoms with Crippen molar-refractivity contribution in [1.29, 1.82) is 0 Å². The summed E-state index contributed by atoms with van der Waals surface area (Å²) >= 11 is 0. The van der Waals surface area contributed by atoms with Crippen LogP contribution in [-0.2, 0) is 16.0 Å². The molecule has 0 bridgehead atoms. The molecule has 1 aromatic rings. The fourth-order valence-electron chi connectivity index (χ4n) is 1.41. The number of carbonyl (C=O) groups excluding carboxylic acids is 1. The van der Waals surface area contributed by atoms with E-state index >= 15 is 0 Å².